The Morgan fingerprint density at radius 2 is 2.11 bits per heavy atom. The van der Waals surface area contributed by atoms with Crippen molar-refractivity contribution in [3.8, 4) is 0 Å². The van der Waals surface area contributed by atoms with Crippen molar-refractivity contribution >= 4 is 23.3 Å². The molecule has 10 heteroatoms. The normalized spacial score (nSPS) is 17.9. The minimum absolute atomic E-state index is 0.0582. The summed E-state index contributed by atoms with van der Waals surface area (Å²) in [7, 11) is 1.76. The lowest BCUT2D eigenvalue weighted by Gasteiger charge is -2.34. The molecule has 1 unspecified atom stereocenters. The summed E-state index contributed by atoms with van der Waals surface area (Å²) in [4.78, 5) is 18.1. The zero-order valence-corrected chi connectivity index (χ0v) is 15.6. The number of nitrogens with zero attached hydrogens (tertiary/aromatic N) is 4. The van der Waals surface area contributed by atoms with Gasteiger partial charge in [-0.05, 0) is 31.9 Å². The van der Waals surface area contributed by atoms with Crippen LogP contribution in [0.4, 0.5) is 19.0 Å². The van der Waals surface area contributed by atoms with Crippen LogP contribution in [-0.4, -0.2) is 39.8 Å². The predicted octanol–water partition coefficient (Wildman–Crippen LogP) is 3.19. The topological polar surface area (TPSA) is 63.1 Å². The maximum Gasteiger partial charge on any atom is 0.417 e. The lowest BCUT2D eigenvalue weighted by Crippen LogP contribution is -2.48. The molecule has 6 nitrogen and oxygen atoms in total. The number of anilines is 1. The molecule has 3 heterocycles. The molecule has 0 spiro atoms. The number of amides is 1. The Morgan fingerprint density at radius 1 is 1.37 bits per heavy atom. The van der Waals surface area contributed by atoms with Gasteiger partial charge in [-0.15, -0.1) is 0 Å². The van der Waals surface area contributed by atoms with Gasteiger partial charge in [0.05, 0.1) is 10.6 Å². The predicted molar refractivity (Wildman–Crippen MR) is 94.9 cm³/mol. The van der Waals surface area contributed by atoms with Crippen molar-refractivity contribution in [2.75, 3.05) is 18.0 Å². The van der Waals surface area contributed by atoms with Crippen molar-refractivity contribution in [2.24, 2.45) is 7.05 Å². The number of hydrogen-bond donors (Lipinski definition) is 1. The van der Waals surface area contributed by atoms with Crippen LogP contribution in [0, 0.1) is 6.92 Å². The molecular weight excluding hydrogens is 383 g/mol. The second-order valence-corrected chi connectivity index (χ2v) is 6.99. The minimum Gasteiger partial charge on any atom is -0.353 e. The highest BCUT2D eigenvalue weighted by molar-refractivity contribution is 6.33. The number of alkyl halides is 3. The second kappa shape index (κ2) is 7.38. The summed E-state index contributed by atoms with van der Waals surface area (Å²) in [6.07, 6.45) is -2.20. The molecule has 146 valence electrons. The van der Waals surface area contributed by atoms with E-state index in [1.807, 2.05) is 6.92 Å². The third-order valence-electron chi connectivity index (χ3n) is 4.55. The van der Waals surface area contributed by atoms with E-state index in [1.54, 1.807) is 22.7 Å². The van der Waals surface area contributed by atoms with E-state index in [2.05, 4.69) is 15.4 Å². The zero-order valence-electron chi connectivity index (χ0n) is 14.8. The molecule has 0 radical (unpaired) electrons. The molecule has 0 aromatic carbocycles. The molecule has 3 rings (SSSR count). The third-order valence-corrected chi connectivity index (χ3v) is 4.83. The summed E-state index contributed by atoms with van der Waals surface area (Å²) < 4.78 is 39.9. The molecule has 0 saturated carbocycles. The van der Waals surface area contributed by atoms with Crippen molar-refractivity contribution in [3.05, 3.63) is 40.3 Å². The van der Waals surface area contributed by atoms with Gasteiger partial charge in [-0.25, -0.2) is 4.98 Å². The van der Waals surface area contributed by atoms with Crippen molar-refractivity contribution in [1.29, 1.82) is 0 Å². The maximum atomic E-state index is 12.8. The molecule has 1 atom stereocenters. The van der Waals surface area contributed by atoms with Gasteiger partial charge in [0.1, 0.15) is 11.5 Å². The van der Waals surface area contributed by atoms with Crippen LogP contribution < -0.4 is 10.2 Å². The number of halogens is 4. The number of pyridine rings is 1. The van der Waals surface area contributed by atoms with Crippen LogP contribution in [0.3, 0.4) is 0 Å². The van der Waals surface area contributed by atoms with E-state index in [1.165, 1.54) is 0 Å². The number of carbonyl (C=O) groups is 1. The number of hydrogen-bond acceptors (Lipinski definition) is 4. The van der Waals surface area contributed by atoms with Crippen LogP contribution in [0.1, 0.15) is 34.6 Å². The molecule has 0 aliphatic carbocycles. The van der Waals surface area contributed by atoms with Crippen molar-refractivity contribution in [3.63, 3.8) is 0 Å². The molecule has 2 aromatic heterocycles. The van der Waals surface area contributed by atoms with Gasteiger partial charge < -0.3 is 10.2 Å². The molecule has 27 heavy (non-hydrogen) atoms. The van der Waals surface area contributed by atoms with E-state index in [4.69, 9.17) is 11.6 Å². The first-order valence-electron chi connectivity index (χ1n) is 8.44. The maximum absolute atomic E-state index is 12.8. The molecular formula is C17H19ClF3N5O. The Morgan fingerprint density at radius 3 is 2.70 bits per heavy atom. The number of aryl methyl sites for hydroxylation is 2. The van der Waals surface area contributed by atoms with Crippen LogP contribution in [0.25, 0.3) is 0 Å². The summed E-state index contributed by atoms with van der Waals surface area (Å²) in [5, 5.41) is 7.02. The van der Waals surface area contributed by atoms with E-state index in [0.29, 0.717) is 18.8 Å². The van der Waals surface area contributed by atoms with Gasteiger partial charge >= 0.3 is 6.18 Å². The van der Waals surface area contributed by atoms with Gasteiger partial charge in [-0.2, -0.15) is 18.3 Å². The molecule has 1 aliphatic heterocycles. The van der Waals surface area contributed by atoms with Gasteiger partial charge in [0.15, 0.2) is 0 Å². The Bertz CT molecular complexity index is 832. The minimum atomic E-state index is -4.49. The van der Waals surface area contributed by atoms with Gasteiger partial charge in [0, 0.05) is 38.1 Å². The fourth-order valence-electron chi connectivity index (χ4n) is 3.04. The highest BCUT2D eigenvalue weighted by Gasteiger charge is 2.32. The first-order valence-corrected chi connectivity index (χ1v) is 8.82. The van der Waals surface area contributed by atoms with Gasteiger partial charge in [0.25, 0.3) is 5.91 Å². The number of piperidine rings is 1. The van der Waals surface area contributed by atoms with Crippen LogP contribution in [0.2, 0.25) is 5.02 Å². The van der Waals surface area contributed by atoms with Crippen molar-refractivity contribution in [2.45, 2.75) is 32.0 Å². The van der Waals surface area contributed by atoms with E-state index in [-0.39, 0.29) is 22.8 Å². The monoisotopic (exact) mass is 401 g/mol. The lowest BCUT2D eigenvalue weighted by atomic mass is 10.1. The first kappa shape index (κ1) is 19.5. The Kier molecular flexibility index (Phi) is 5.32. The van der Waals surface area contributed by atoms with Gasteiger partial charge in [0.2, 0.25) is 0 Å². The average Bonchev–Trinajstić information content (AvgIpc) is 2.93. The number of nitrogens with one attached hydrogen (secondary N) is 1. The van der Waals surface area contributed by atoms with E-state index in [0.717, 1.165) is 30.8 Å². The summed E-state index contributed by atoms with van der Waals surface area (Å²) in [5.74, 6) is 0.00863. The third kappa shape index (κ3) is 4.35. The number of rotatable bonds is 3. The largest absolute Gasteiger partial charge is 0.417 e. The molecule has 2 aromatic rings. The fraction of sp³-hybridized carbons (Fsp3) is 0.471. The first-order chi connectivity index (χ1) is 12.6. The zero-order chi connectivity index (χ0) is 19.8. The van der Waals surface area contributed by atoms with Gasteiger partial charge in [-0.3, -0.25) is 9.48 Å². The second-order valence-electron chi connectivity index (χ2n) is 6.58. The molecule has 1 amide bonds. The quantitative estimate of drug-likeness (QED) is 0.858. The SMILES string of the molecule is Cc1cc(C(=O)NC2CCCN(c3ncc(C(F)(F)F)cc3Cl)C2)nn1C. The smallest absolute Gasteiger partial charge is 0.353 e. The summed E-state index contributed by atoms with van der Waals surface area (Å²) in [6, 6.07) is 2.40. The van der Waals surface area contributed by atoms with E-state index < -0.39 is 11.7 Å². The number of aromatic nitrogens is 3. The molecule has 1 fully saturated rings. The van der Waals surface area contributed by atoms with Crippen LogP contribution in [0.15, 0.2) is 18.3 Å². The fourth-order valence-corrected chi connectivity index (χ4v) is 3.32. The Balaban J connectivity index is 1.70. The molecule has 0 bridgehead atoms. The Labute approximate surface area is 159 Å². The van der Waals surface area contributed by atoms with Crippen LogP contribution in [0.5, 0.6) is 0 Å². The number of carbonyl (C=O) groups excluding carboxylic acids is 1. The van der Waals surface area contributed by atoms with Gasteiger partial charge in [-0.1, -0.05) is 11.6 Å². The average molecular weight is 402 g/mol. The highest BCUT2D eigenvalue weighted by atomic mass is 35.5. The van der Waals surface area contributed by atoms with Crippen LogP contribution in [-0.2, 0) is 13.2 Å². The highest BCUT2D eigenvalue weighted by Crippen LogP contribution is 2.34. The van der Waals surface area contributed by atoms with E-state index >= 15 is 0 Å². The summed E-state index contributed by atoms with van der Waals surface area (Å²) in [5.41, 5.74) is 0.313. The molecule has 1 aliphatic rings. The van der Waals surface area contributed by atoms with Crippen LogP contribution >= 0.6 is 11.6 Å². The Hall–Kier alpha value is -2.29. The standard InChI is InChI=1S/C17H19ClF3N5O/c1-10-6-14(24-25(10)2)16(27)23-12-4-3-5-26(9-12)15-13(18)7-11(8-22-15)17(19,20)21/h6-8,12H,3-5,9H2,1-2H3,(H,23,27). The summed E-state index contributed by atoms with van der Waals surface area (Å²) in [6.45, 7) is 2.87. The van der Waals surface area contributed by atoms with E-state index in [9.17, 15) is 18.0 Å². The summed E-state index contributed by atoms with van der Waals surface area (Å²) >= 11 is 6.03. The molecule has 1 saturated heterocycles. The lowest BCUT2D eigenvalue weighted by molar-refractivity contribution is -0.137. The van der Waals surface area contributed by atoms with Crippen molar-refractivity contribution in [1.82, 2.24) is 20.1 Å². The molecule has 1 N–H and O–H groups in total. The van der Waals surface area contributed by atoms with Crippen molar-refractivity contribution < 1.29 is 18.0 Å².